The van der Waals surface area contributed by atoms with E-state index >= 15 is 0 Å². The van der Waals surface area contributed by atoms with Crippen molar-refractivity contribution in [2.24, 2.45) is 0 Å². The molecule has 0 aliphatic rings. The summed E-state index contributed by atoms with van der Waals surface area (Å²) < 4.78 is 10.6. The van der Waals surface area contributed by atoms with Crippen LogP contribution in [0, 0.1) is 0 Å². The van der Waals surface area contributed by atoms with E-state index in [-0.39, 0.29) is 35.1 Å². The smallest absolute Gasteiger partial charge is 0.165 e. The van der Waals surface area contributed by atoms with Crippen LogP contribution in [0.5, 0.6) is 11.5 Å². The Labute approximate surface area is 180 Å². The van der Waals surface area contributed by atoms with Gasteiger partial charge >= 0.3 is 0 Å². The van der Waals surface area contributed by atoms with Gasteiger partial charge in [-0.25, -0.2) is 0 Å². The highest BCUT2D eigenvalue weighted by molar-refractivity contribution is 5.41. The van der Waals surface area contributed by atoms with Crippen molar-refractivity contribution in [3.05, 3.63) is 72.8 Å². The summed E-state index contributed by atoms with van der Waals surface area (Å²) in [6.45, 7) is 11.5. The van der Waals surface area contributed by atoms with Gasteiger partial charge in [-0.3, -0.25) is 0 Å². The lowest BCUT2D eigenvalue weighted by Gasteiger charge is -2.26. The van der Waals surface area contributed by atoms with Gasteiger partial charge in [0.2, 0.25) is 0 Å². The molecular weight excluding hydrogens is 364 g/mol. The average molecular weight is 409 g/mol. The van der Waals surface area contributed by atoms with Crippen molar-refractivity contribution in [1.82, 2.24) is 0 Å². The van der Waals surface area contributed by atoms with Crippen molar-refractivity contribution < 1.29 is 19.2 Å². The van der Waals surface area contributed by atoms with Crippen molar-refractivity contribution in [3.8, 4) is 11.5 Å². The lowest BCUT2D eigenvalue weighted by atomic mass is 9.78. The summed E-state index contributed by atoms with van der Waals surface area (Å²) in [5.41, 5.74) is 2.31. The van der Waals surface area contributed by atoms with E-state index in [1.807, 2.05) is 24.3 Å². The van der Waals surface area contributed by atoms with Crippen molar-refractivity contribution in [1.29, 1.82) is 0 Å². The Kier molecular flexibility index (Phi) is 21.0. The number of methoxy groups -OCH3 is 1. The molecule has 0 heterocycles. The van der Waals surface area contributed by atoms with Gasteiger partial charge in [0.1, 0.15) is 12.4 Å². The zero-order valence-electron chi connectivity index (χ0n) is 15.6. The largest absolute Gasteiger partial charge is 0.491 e. The maximum absolute atomic E-state index is 5.61. The molecule has 0 amide bonds. The maximum Gasteiger partial charge on any atom is 0.165 e. The fourth-order valence-corrected chi connectivity index (χ4v) is 2.40. The van der Waals surface area contributed by atoms with Crippen LogP contribution < -0.4 is 9.62 Å². The van der Waals surface area contributed by atoms with Gasteiger partial charge in [0, 0.05) is 12.5 Å². The molecule has 0 aromatic heterocycles. The second kappa shape index (κ2) is 17.8. The molecule has 2 rings (SSSR count). The second-order valence-corrected chi connectivity index (χ2v) is 5.77. The minimum absolute atomic E-state index is 0. The van der Waals surface area contributed by atoms with Crippen molar-refractivity contribution >= 4 is 0 Å². The van der Waals surface area contributed by atoms with Crippen molar-refractivity contribution in [2.75, 3.05) is 27.4 Å². The van der Waals surface area contributed by atoms with Gasteiger partial charge in [-0.05, 0) is 35.4 Å². The minimum Gasteiger partial charge on any atom is -0.491 e. The molecular formula is C25H44O4. The van der Waals surface area contributed by atoms with Crippen LogP contribution in [0.15, 0.2) is 61.7 Å². The number of ether oxygens (including phenoxy) is 2. The molecule has 0 spiro atoms. The van der Waals surface area contributed by atoms with Gasteiger partial charge < -0.3 is 14.4 Å². The van der Waals surface area contributed by atoms with Crippen molar-refractivity contribution in [3.63, 3.8) is 0 Å². The van der Waals surface area contributed by atoms with Gasteiger partial charge in [0.15, 0.2) is 5.75 Å². The molecule has 0 unspecified atom stereocenters. The zero-order valence-corrected chi connectivity index (χ0v) is 15.6. The molecule has 0 fully saturated rings. The number of benzene rings is 2. The molecule has 0 aliphatic heterocycles. The number of rotatable bonds is 8. The fourth-order valence-electron chi connectivity index (χ4n) is 2.40. The van der Waals surface area contributed by atoms with Gasteiger partial charge in [0.05, 0.1) is 13.7 Å². The van der Waals surface area contributed by atoms with E-state index in [2.05, 4.69) is 56.2 Å². The first-order valence-corrected chi connectivity index (χ1v) is 8.11. The van der Waals surface area contributed by atoms with Gasteiger partial charge in [-0.2, -0.15) is 4.89 Å². The molecule has 0 bridgehead atoms. The van der Waals surface area contributed by atoms with Crippen LogP contribution in [0.1, 0.15) is 54.7 Å². The van der Waals surface area contributed by atoms with Crippen LogP contribution in [0.2, 0.25) is 0 Å². The van der Waals surface area contributed by atoms with Crippen LogP contribution in [0.25, 0.3) is 0 Å². The Morgan fingerprint density at radius 1 is 0.690 bits per heavy atom. The third-order valence-electron chi connectivity index (χ3n) is 3.89. The third-order valence-corrected chi connectivity index (χ3v) is 3.89. The summed E-state index contributed by atoms with van der Waals surface area (Å²) in [6, 6.07) is 16.1. The normalized spacial score (nSPS) is 9.10. The molecule has 2 aromatic rings. The SMILES string of the molecule is C.C.C.C.C=C.COCCOc1ccc(C(C)(C)c2ccc(OOC)cc2)cc1. The van der Waals surface area contributed by atoms with E-state index in [0.717, 1.165) is 5.75 Å². The Balaban J connectivity index is -0.000000505. The van der Waals surface area contributed by atoms with Crippen LogP contribution in [-0.2, 0) is 15.0 Å². The van der Waals surface area contributed by atoms with E-state index < -0.39 is 0 Å². The fraction of sp³-hybridized carbons (Fsp3) is 0.440. The maximum atomic E-state index is 5.61. The number of hydrogen-bond donors (Lipinski definition) is 0. The lowest BCUT2D eigenvalue weighted by molar-refractivity contribution is -0.178. The summed E-state index contributed by atoms with van der Waals surface area (Å²) in [7, 11) is 3.16. The van der Waals surface area contributed by atoms with E-state index in [1.165, 1.54) is 18.2 Å². The first-order chi connectivity index (χ1) is 12.1. The topological polar surface area (TPSA) is 36.9 Å². The molecule has 0 saturated heterocycles. The molecule has 168 valence electrons. The monoisotopic (exact) mass is 408 g/mol. The number of hydrogen-bond acceptors (Lipinski definition) is 4. The van der Waals surface area contributed by atoms with Gasteiger partial charge in [-0.1, -0.05) is 67.8 Å². The van der Waals surface area contributed by atoms with E-state index in [1.54, 1.807) is 7.11 Å². The summed E-state index contributed by atoms with van der Waals surface area (Å²) >= 11 is 0. The Morgan fingerprint density at radius 3 is 1.48 bits per heavy atom. The third kappa shape index (κ3) is 10.2. The van der Waals surface area contributed by atoms with Crippen molar-refractivity contribution in [2.45, 2.75) is 49.0 Å². The Bertz CT molecular complexity index is 604. The highest BCUT2D eigenvalue weighted by atomic mass is 17.2. The first kappa shape index (κ1) is 34.2. The van der Waals surface area contributed by atoms with E-state index in [4.69, 9.17) is 14.4 Å². The Morgan fingerprint density at radius 2 is 1.10 bits per heavy atom. The molecule has 29 heavy (non-hydrogen) atoms. The highest BCUT2D eigenvalue weighted by Gasteiger charge is 2.23. The summed E-state index contributed by atoms with van der Waals surface area (Å²) in [5.74, 6) is 1.54. The standard InChI is InChI=1S/C19H24O4.C2H4.4CH4/c1-19(2,16-7-11-18(12-8-16)23-21-4)15-5-9-17(10-6-15)22-14-13-20-3;1-2;;;;/h5-12H,13-14H2,1-4H3;1-2H2;4*1H4. The van der Waals surface area contributed by atoms with E-state index in [9.17, 15) is 0 Å². The second-order valence-electron chi connectivity index (χ2n) is 5.77. The summed E-state index contributed by atoms with van der Waals surface area (Å²) in [5, 5.41) is 0. The Hall–Kier alpha value is -2.30. The first-order valence-electron chi connectivity index (χ1n) is 8.11. The van der Waals surface area contributed by atoms with Gasteiger partial charge in [0.25, 0.3) is 0 Å². The predicted molar refractivity (Wildman–Crippen MR) is 128 cm³/mol. The zero-order chi connectivity index (χ0) is 18.7. The molecule has 0 radical (unpaired) electrons. The van der Waals surface area contributed by atoms with E-state index in [0.29, 0.717) is 19.0 Å². The minimum atomic E-state index is -0.114. The molecule has 0 saturated carbocycles. The van der Waals surface area contributed by atoms with Crippen LogP contribution in [-0.4, -0.2) is 27.4 Å². The molecule has 0 N–H and O–H groups in total. The summed E-state index contributed by atoms with van der Waals surface area (Å²) in [6.07, 6.45) is 0. The summed E-state index contributed by atoms with van der Waals surface area (Å²) in [4.78, 5) is 9.68. The van der Waals surface area contributed by atoms with Crippen LogP contribution in [0.4, 0.5) is 0 Å². The quantitative estimate of drug-likeness (QED) is 0.198. The molecule has 0 aliphatic carbocycles. The highest BCUT2D eigenvalue weighted by Crippen LogP contribution is 2.33. The lowest BCUT2D eigenvalue weighted by Crippen LogP contribution is -2.18. The average Bonchev–Trinajstić information content (AvgIpc) is 2.65. The molecule has 2 aromatic carbocycles. The van der Waals surface area contributed by atoms with Gasteiger partial charge in [-0.15, -0.1) is 13.2 Å². The van der Waals surface area contributed by atoms with Crippen LogP contribution in [0.3, 0.4) is 0 Å². The molecule has 4 nitrogen and oxygen atoms in total. The van der Waals surface area contributed by atoms with Crippen LogP contribution >= 0.6 is 0 Å². The predicted octanol–water partition coefficient (Wildman–Crippen LogP) is 7.32. The molecule has 0 atom stereocenters. The molecule has 4 heteroatoms.